The Bertz CT molecular complexity index is 1410. The van der Waals surface area contributed by atoms with Crippen molar-refractivity contribution in [2.45, 2.75) is 38.6 Å². The highest BCUT2D eigenvalue weighted by atomic mass is 16.5. The van der Waals surface area contributed by atoms with Crippen molar-refractivity contribution in [1.29, 1.82) is 0 Å². The minimum Gasteiger partial charge on any atom is -0.495 e. The van der Waals surface area contributed by atoms with Gasteiger partial charge in [-0.05, 0) is 43.5 Å². The van der Waals surface area contributed by atoms with Gasteiger partial charge in [-0.15, -0.1) is 0 Å². The summed E-state index contributed by atoms with van der Waals surface area (Å²) in [7, 11) is 3.49. The molecule has 0 saturated heterocycles. The molecule has 1 aliphatic carbocycles. The van der Waals surface area contributed by atoms with E-state index in [1.165, 1.54) is 0 Å². The molecule has 5 rings (SSSR count). The fourth-order valence-corrected chi connectivity index (χ4v) is 5.04. The molecule has 6 heteroatoms. The van der Waals surface area contributed by atoms with E-state index in [0.717, 1.165) is 42.1 Å². The van der Waals surface area contributed by atoms with Gasteiger partial charge in [-0.3, -0.25) is 9.59 Å². The lowest BCUT2D eigenvalue weighted by atomic mass is 10.1. The molecule has 4 aromatic rings. The quantitative estimate of drug-likeness (QED) is 0.486. The molecule has 0 atom stereocenters. The highest BCUT2D eigenvalue weighted by molar-refractivity contribution is 6.20. The van der Waals surface area contributed by atoms with Crippen LogP contribution in [0.15, 0.2) is 53.5 Å². The minimum absolute atomic E-state index is 0.0321. The van der Waals surface area contributed by atoms with E-state index < -0.39 is 0 Å². The Morgan fingerprint density at radius 1 is 1.12 bits per heavy atom. The normalized spacial score (nSPS) is 14.3. The summed E-state index contributed by atoms with van der Waals surface area (Å²) >= 11 is 0. The number of aryl methyl sites for hydroxylation is 2. The third-order valence-corrected chi connectivity index (χ3v) is 6.65. The molecule has 1 N–H and O–H groups in total. The number of anilines is 1. The average Bonchev–Trinajstić information content (AvgIpc) is 3.42. The number of nitrogens with one attached hydrogen (secondary N) is 1. The Kier molecular flexibility index (Phi) is 5.00. The van der Waals surface area contributed by atoms with Crippen LogP contribution in [0.2, 0.25) is 0 Å². The number of fused-ring (bicyclic) bond motifs is 3. The first-order valence-electron chi connectivity index (χ1n) is 11.1. The summed E-state index contributed by atoms with van der Waals surface area (Å²) in [4.78, 5) is 27.2. The molecule has 0 bridgehead atoms. The monoisotopic (exact) mass is 429 g/mol. The van der Waals surface area contributed by atoms with Crippen LogP contribution >= 0.6 is 0 Å². The van der Waals surface area contributed by atoms with E-state index >= 15 is 0 Å². The van der Waals surface area contributed by atoms with Crippen molar-refractivity contribution in [2.75, 3.05) is 12.4 Å². The van der Waals surface area contributed by atoms with Gasteiger partial charge < -0.3 is 19.2 Å². The summed E-state index contributed by atoms with van der Waals surface area (Å²) in [6.07, 6.45) is 5.90. The molecule has 2 heterocycles. The first-order valence-corrected chi connectivity index (χ1v) is 11.1. The lowest BCUT2D eigenvalue weighted by molar-refractivity contribution is 0.102. The van der Waals surface area contributed by atoms with Gasteiger partial charge in [0, 0.05) is 35.6 Å². The standard InChI is InChI=1S/C26H27N3O3/c1-16-12-13-22(32-3)20(14-16)27-25(30)19-15-29(17-8-4-5-9-17)26(31)24-23(19)18-10-6-7-11-21(18)28(24)2/h6-7,10-15,17H,4-5,8-9H2,1-3H3,(H,27,30). The van der Waals surface area contributed by atoms with E-state index in [4.69, 9.17) is 4.74 Å². The van der Waals surface area contributed by atoms with Gasteiger partial charge in [-0.2, -0.15) is 0 Å². The van der Waals surface area contributed by atoms with Crippen molar-refractivity contribution in [1.82, 2.24) is 9.13 Å². The highest BCUT2D eigenvalue weighted by Gasteiger charge is 2.26. The van der Waals surface area contributed by atoms with E-state index in [-0.39, 0.29) is 17.5 Å². The maximum atomic E-state index is 13.6. The number of ether oxygens (including phenoxy) is 1. The summed E-state index contributed by atoms with van der Waals surface area (Å²) in [5.74, 6) is 0.351. The van der Waals surface area contributed by atoms with Crippen molar-refractivity contribution in [3.63, 3.8) is 0 Å². The predicted octanol–water partition coefficient (Wildman–Crippen LogP) is 5.18. The van der Waals surface area contributed by atoms with Crippen molar-refractivity contribution in [3.8, 4) is 5.75 Å². The van der Waals surface area contributed by atoms with E-state index in [0.29, 0.717) is 27.9 Å². The number of nitrogens with zero attached hydrogens (tertiary/aromatic N) is 2. The summed E-state index contributed by atoms with van der Waals surface area (Å²) in [6, 6.07) is 13.7. The average molecular weight is 430 g/mol. The maximum absolute atomic E-state index is 13.6. The van der Waals surface area contributed by atoms with Crippen molar-refractivity contribution in [3.05, 3.63) is 70.1 Å². The lowest BCUT2D eigenvalue weighted by Gasteiger charge is -2.17. The first-order chi connectivity index (χ1) is 15.5. The van der Waals surface area contributed by atoms with Gasteiger partial charge >= 0.3 is 0 Å². The van der Waals surface area contributed by atoms with Crippen LogP contribution in [-0.2, 0) is 7.05 Å². The molecule has 2 aromatic carbocycles. The van der Waals surface area contributed by atoms with Crippen LogP contribution < -0.4 is 15.6 Å². The van der Waals surface area contributed by atoms with Gasteiger partial charge in [0.25, 0.3) is 11.5 Å². The van der Waals surface area contributed by atoms with Gasteiger partial charge in [-0.25, -0.2) is 0 Å². The Hall–Kier alpha value is -3.54. The molecule has 1 saturated carbocycles. The van der Waals surface area contributed by atoms with Crippen molar-refractivity contribution >= 4 is 33.4 Å². The molecule has 0 aliphatic heterocycles. The van der Waals surface area contributed by atoms with E-state index in [2.05, 4.69) is 5.32 Å². The number of hydrogen-bond donors (Lipinski definition) is 1. The molecule has 1 amide bonds. The van der Waals surface area contributed by atoms with Crippen LogP contribution in [0.5, 0.6) is 5.75 Å². The second-order valence-corrected chi connectivity index (χ2v) is 8.65. The van der Waals surface area contributed by atoms with Crippen molar-refractivity contribution < 1.29 is 9.53 Å². The van der Waals surface area contributed by atoms with Crippen LogP contribution in [0.25, 0.3) is 21.8 Å². The van der Waals surface area contributed by atoms with Crippen molar-refractivity contribution in [2.24, 2.45) is 7.05 Å². The second-order valence-electron chi connectivity index (χ2n) is 8.65. The zero-order valence-corrected chi connectivity index (χ0v) is 18.6. The van der Waals surface area contributed by atoms with Crippen LogP contribution in [-0.4, -0.2) is 22.2 Å². The van der Waals surface area contributed by atoms with E-state index in [1.54, 1.807) is 17.9 Å². The molecule has 0 unspecified atom stereocenters. The fourth-order valence-electron chi connectivity index (χ4n) is 5.04. The Morgan fingerprint density at radius 3 is 2.62 bits per heavy atom. The number of carbonyl (C=O) groups excluding carboxylic acids is 1. The summed E-state index contributed by atoms with van der Waals surface area (Å²) in [5.41, 5.74) is 3.62. The van der Waals surface area contributed by atoms with Gasteiger partial charge in [0.15, 0.2) is 0 Å². The third-order valence-electron chi connectivity index (χ3n) is 6.65. The first kappa shape index (κ1) is 20.4. The number of methoxy groups -OCH3 is 1. The van der Waals surface area contributed by atoms with Crippen LogP contribution in [0.1, 0.15) is 47.6 Å². The van der Waals surface area contributed by atoms with E-state index in [9.17, 15) is 9.59 Å². The Balaban J connectivity index is 1.75. The highest BCUT2D eigenvalue weighted by Crippen LogP contribution is 2.34. The molecule has 6 nitrogen and oxygen atoms in total. The maximum Gasteiger partial charge on any atom is 0.275 e. The molecule has 2 aromatic heterocycles. The lowest BCUT2D eigenvalue weighted by Crippen LogP contribution is -2.27. The third kappa shape index (κ3) is 3.18. The van der Waals surface area contributed by atoms with Gasteiger partial charge in [0.2, 0.25) is 0 Å². The number of hydrogen-bond acceptors (Lipinski definition) is 3. The Morgan fingerprint density at radius 2 is 1.88 bits per heavy atom. The molecule has 1 aliphatic rings. The van der Waals surface area contributed by atoms with Crippen LogP contribution in [0.4, 0.5) is 5.69 Å². The number of para-hydroxylation sites is 1. The number of pyridine rings is 1. The number of carbonyl (C=O) groups is 1. The zero-order valence-electron chi connectivity index (χ0n) is 18.6. The summed E-state index contributed by atoms with van der Waals surface area (Å²) < 4.78 is 9.16. The predicted molar refractivity (Wildman–Crippen MR) is 128 cm³/mol. The van der Waals surface area contributed by atoms with Gasteiger partial charge in [0.1, 0.15) is 11.3 Å². The minimum atomic E-state index is -0.248. The molecule has 0 radical (unpaired) electrons. The topological polar surface area (TPSA) is 65.3 Å². The smallest absolute Gasteiger partial charge is 0.275 e. The fraction of sp³-hybridized carbons (Fsp3) is 0.308. The molecule has 1 fully saturated rings. The van der Waals surface area contributed by atoms with Crippen LogP contribution in [0.3, 0.4) is 0 Å². The zero-order chi connectivity index (χ0) is 22.4. The number of amides is 1. The molecular weight excluding hydrogens is 402 g/mol. The molecular formula is C26H27N3O3. The summed E-state index contributed by atoms with van der Waals surface area (Å²) in [5, 5.41) is 4.64. The largest absolute Gasteiger partial charge is 0.495 e. The molecule has 32 heavy (non-hydrogen) atoms. The van der Waals surface area contributed by atoms with Gasteiger partial charge in [-0.1, -0.05) is 37.1 Å². The number of rotatable bonds is 4. The SMILES string of the molecule is COc1ccc(C)cc1NC(=O)c1cn(C2CCCC2)c(=O)c2c1c1ccccc1n2C. The van der Waals surface area contributed by atoms with Gasteiger partial charge in [0.05, 0.1) is 18.4 Å². The Labute approximate surface area is 186 Å². The molecule has 164 valence electrons. The van der Waals surface area contributed by atoms with E-state index in [1.807, 2.05) is 61.0 Å². The molecule has 0 spiro atoms. The second kappa shape index (κ2) is 7.86. The summed E-state index contributed by atoms with van der Waals surface area (Å²) in [6.45, 7) is 1.97. The number of aromatic nitrogens is 2. The number of benzene rings is 2. The van der Waals surface area contributed by atoms with Crippen LogP contribution in [0, 0.1) is 6.92 Å².